The molecule has 1 unspecified atom stereocenters. The SMILES string of the molecule is Cc1ccc(N(C)C(=O)NC(C[C@H]2CCC3=C2[C@@H](C)c2cnn(-c4ccc(F)cc4)c2C3)c2ccccc2)cc1. The molecule has 6 heteroatoms. The first kappa shape index (κ1) is 26.1. The van der Waals surface area contributed by atoms with Crippen LogP contribution in [0.15, 0.2) is 96.2 Å². The van der Waals surface area contributed by atoms with Gasteiger partial charge < -0.3 is 5.32 Å². The van der Waals surface area contributed by atoms with Crippen LogP contribution < -0.4 is 10.2 Å². The monoisotopic (exact) mass is 534 g/mol. The smallest absolute Gasteiger partial charge is 0.322 e. The second-order valence-electron chi connectivity index (χ2n) is 11.2. The van der Waals surface area contributed by atoms with E-state index in [-0.39, 0.29) is 23.8 Å². The van der Waals surface area contributed by atoms with E-state index in [9.17, 15) is 9.18 Å². The number of urea groups is 1. The van der Waals surface area contributed by atoms with Gasteiger partial charge in [-0.1, -0.05) is 66.1 Å². The zero-order chi connectivity index (χ0) is 27.8. The first-order valence-electron chi connectivity index (χ1n) is 14.1. The summed E-state index contributed by atoms with van der Waals surface area (Å²) >= 11 is 0. The van der Waals surface area contributed by atoms with E-state index in [1.54, 1.807) is 17.0 Å². The molecule has 0 spiro atoms. The summed E-state index contributed by atoms with van der Waals surface area (Å²) in [5, 5.41) is 8.06. The Hall–Kier alpha value is -4.19. The van der Waals surface area contributed by atoms with Crippen molar-refractivity contribution in [2.24, 2.45) is 5.92 Å². The van der Waals surface area contributed by atoms with Crippen LogP contribution in [0.1, 0.15) is 60.5 Å². The van der Waals surface area contributed by atoms with E-state index in [1.165, 1.54) is 34.5 Å². The largest absolute Gasteiger partial charge is 0.331 e. The van der Waals surface area contributed by atoms with Crippen molar-refractivity contribution in [3.05, 3.63) is 124 Å². The third-order valence-corrected chi connectivity index (χ3v) is 8.67. The number of aryl methyl sites for hydroxylation is 1. The van der Waals surface area contributed by atoms with Crippen molar-refractivity contribution in [2.75, 3.05) is 11.9 Å². The van der Waals surface area contributed by atoms with E-state index in [4.69, 9.17) is 5.10 Å². The van der Waals surface area contributed by atoms with Crippen molar-refractivity contribution in [3.63, 3.8) is 0 Å². The number of aromatic nitrogens is 2. The summed E-state index contributed by atoms with van der Waals surface area (Å²) in [6.45, 7) is 4.33. The summed E-state index contributed by atoms with van der Waals surface area (Å²) in [5.41, 5.74) is 9.48. The number of allylic oxidation sites excluding steroid dienone is 2. The van der Waals surface area contributed by atoms with Gasteiger partial charge >= 0.3 is 6.03 Å². The highest BCUT2D eigenvalue weighted by Gasteiger charge is 2.37. The van der Waals surface area contributed by atoms with Crippen LogP contribution in [0, 0.1) is 18.7 Å². The zero-order valence-electron chi connectivity index (χ0n) is 23.3. The standard InChI is InChI=1S/C34H35FN4O/c1-22-9-15-28(16-10-22)38(3)34(40)37-31(24-7-5-4-6-8-24)19-25-11-12-26-20-32-30(23(2)33(25)26)21-36-39(32)29-17-13-27(35)14-18-29/h4-10,13-18,21,23,25,31H,11-12,19-20H2,1-3H3,(H,37,40)/t23-,25+,31?/m0/s1. The molecule has 0 saturated carbocycles. The number of nitrogens with zero attached hydrogens (tertiary/aromatic N) is 3. The molecule has 40 heavy (non-hydrogen) atoms. The van der Waals surface area contributed by atoms with Gasteiger partial charge in [0.05, 0.1) is 23.6 Å². The molecule has 2 amide bonds. The van der Waals surface area contributed by atoms with Crippen LogP contribution in [0.5, 0.6) is 0 Å². The average Bonchev–Trinajstić information content (AvgIpc) is 3.58. The maximum Gasteiger partial charge on any atom is 0.322 e. The van der Waals surface area contributed by atoms with Crippen molar-refractivity contribution in [2.45, 2.75) is 51.5 Å². The lowest BCUT2D eigenvalue weighted by Gasteiger charge is -2.30. The number of carbonyl (C=O) groups excluding carboxylic acids is 1. The van der Waals surface area contributed by atoms with Crippen LogP contribution in [0.4, 0.5) is 14.9 Å². The van der Waals surface area contributed by atoms with Crippen molar-refractivity contribution >= 4 is 11.7 Å². The Bertz CT molecular complexity index is 1540. The molecule has 0 saturated heterocycles. The lowest BCUT2D eigenvalue weighted by molar-refractivity contribution is 0.241. The second-order valence-corrected chi connectivity index (χ2v) is 11.2. The minimum atomic E-state index is -0.244. The highest BCUT2D eigenvalue weighted by Crippen LogP contribution is 2.49. The molecule has 204 valence electrons. The van der Waals surface area contributed by atoms with E-state index in [0.29, 0.717) is 5.92 Å². The molecule has 1 aromatic heterocycles. The van der Waals surface area contributed by atoms with E-state index in [0.717, 1.165) is 48.2 Å². The summed E-state index contributed by atoms with van der Waals surface area (Å²) in [4.78, 5) is 15.1. The molecule has 5 nitrogen and oxygen atoms in total. The van der Waals surface area contributed by atoms with E-state index in [2.05, 4.69) is 24.4 Å². The first-order chi connectivity index (χ1) is 19.4. The van der Waals surface area contributed by atoms with Gasteiger partial charge in [-0.3, -0.25) is 4.90 Å². The first-order valence-corrected chi connectivity index (χ1v) is 14.1. The highest BCUT2D eigenvalue weighted by molar-refractivity contribution is 5.91. The van der Waals surface area contributed by atoms with Gasteiger partial charge in [0.25, 0.3) is 0 Å². The quantitative estimate of drug-likeness (QED) is 0.258. The number of halogens is 1. The number of carbonyl (C=O) groups is 1. The Morgan fingerprint density at radius 3 is 2.52 bits per heavy atom. The van der Waals surface area contributed by atoms with Gasteiger partial charge in [0, 0.05) is 30.6 Å². The van der Waals surface area contributed by atoms with Crippen LogP contribution in [0.25, 0.3) is 5.69 Å². The topological polar surface area (TPSA) is 50.2 Å². The van der Waals surface area contributed by atoms with Crippen molar-refractivity contribution < 1.29 is 9.18 Å². The van der Waals surface area contributed by atoms with Gasteiger partial charge in [0.2, 0.25) is 0 Å². The maximum absolute atomic E-state index is 13.5. The lowest BCUT2D eigenvalue weighted by atomic mass is 9.78. The Balaban J connectivity index is 1.24. The fourth-order valence-electron chi connectivity index (χ4n) is 6.51. The van der Waals surface area contributed by atoms with Crippen LogP contribution in [0.2, 0.25) is 0 Å². The summed E-state index contributed by atoms with van der Waals surface area (Å²) in [6, 6.07) is 24.7. The zero-order valence-corrected chi connectivity index (χ0v) is 23.3. The van der Waals surface area contributed by atoms with Gasteiger partial charge in [-0.15, -0.1) is 0 Å². The Labute approximate surface area is 235 Å². The predicted octanol–water partition coefficient (Wildman–Crippen LogP) is 7.66. The maximum atomic E-state index is 13.5. The van der Waals surface area contributed by atoms with Crippen LogP contribution in [-0.2, 0) is 6.42 Å². The number of amides is 2. The average molecular weight is 535 g/mol. The molecule has 3 aromatic carbocycles. The third kappa shape index (κ3) is 4.94. The number of benzene rings is 3. The molecule has 0 fully saturated rings. The van der Waals surface area contributed by atoms with Gasteiger partial charge in [0.15, 0.2) is 0 Å². The normalized spacial score (nSPS) is 18.7. The van der Waals surface area contributed by atoms with Gasteiger partial charge in [-0.2, -0.15) is 5.10 Å². The number of anilines is 1. The van der Waals surface area contributed by atoms with Gasteiger partial charge in [-0.05, 0) is 74.1 Å². The summed E-state index contributed by atoms with van der Waals surface area (Å²) in [7, 11) is 1.82. The van der Waals surface area contributed by atoms with Crippen LogP contribution >= 0.6 is 0 Å². The fraction of sp³-hybridized carbons (Fsp3) is 0.294. The molecule has 0 radical (unpaired) electrons. The Morgan fingerprint density at radius 2 is 1.80 bits per heavy atom. The molecular weight excluding hydrogens is 499 g/mol. The van der Waals surface area contributed by atoms with E-state index in [1.807, 2.05) is 67.3 Å². The number of hydrogen-bond donors (Lipinski definition) is 1. The van der Waals surface area contributed by atoms with Crippen molar-refractivity contribution in [3.8, 4) is 5.69 Å². The number of nitrogens with one attached hydrogen (secondary N) is 1. The molecule has 1 N–H and O–H groups in total. The summed E-state index contributed by atoms with van der Waals surface area (Å²) in [6.07, 6.45) is 5.83. The fourth-order valence-corrected chi connectivity index (χ4v) is 6.51. The number of rotatable bonds is 6. The molecule has 3 atom stereocenters. The van der Waals surface area contributed by atoms with Crippen LogP contribution in [-0.4, -0.2) is 22.9 Å². The minimum Gasteiger partial charge on any atom is -0.331 e. The summed E-state index contributed by atoms with van der Waals surface area (Å²) < 4.78 is 15.5. The summed E-state index contributed by atoms with van der Waals surface area (Å²) in [5.74, 6) is 0.386. The van der Waals surface area contributed by atoms with Crippen LogP contribution in [0.3, 0.4) is 0 Å². The molecule has 0 bridgehead atoms. The molecule has 6 rings (SSSR count). The number of fused-ring (bicyclic) bond motifs is 1. The van der Waals surface area contributed by atoms with E-state index >= 15 is 0 Å². The molecular formula is C34H35FN4O. The predicted molar refractivity (Wildman–Crippen MR) is 157 cm³/mol. The minimum absolute atomic E-state index is 0.103. The van der Waals surface area contributed by atoms with Gasteiger partial charge in [0.1, 0.15) is 5.82 Å². The van der Waals surface area contributed by atoms with Crippen molar-refractivity contribution in [1.82, 2.24) is 15.1 Å². The molecule has 2 aliphatic rings. The second kappa shape index (κ2) is 10.8. The molecule has 4 aromatic rings. The van der Waals surface area contributed by atoms with E-state index < -0.39 is 0 Å². The van der Waals surface area contributed by atoms with Crippen molar-refractivity contribution in [1.29, 1.82) is 0 Å². The molecule has 0 aliphatic heterocycles. The molecule has 2 aliphatic carbocycles. The Kier molecular flexibility index (Phi) is 7.01. The Morgan fingerprint density at radius 1 is 1.07 bits per heavy atom. The molecule has 1 heterocycles. The lowest BCUT2D eigenvalue weighted by Crippen LogP contribution is -2.40. The highest BCUT2D eigenvalue weighted by atomic mass is 19.1. The van der Waals surface area contributed by atoms with Gasteiger partial charge in [-0.25, -0.2) is 13.9 Å². The third-order valence-electron chi connectivity index (χ3n) is 8.67. The number of hydrogen-bond acceptors (Lipinski definition) is 2.